The van der Waals surface area contributed by atoms with Crippen molar-refractivity contribution in [3.8, 4) is 0 Å². The van der Waals surface area contributed by atoms with Gasteiger partial charge in [-0.3, -0.25) is 15.6 Å². The summed E-state index contributed by atoms with van der Waals surface area (Å²) in [5, 5.41) is 3.05. The van der Waals surface area contributed by atoms with E-state index in [0.717, 1.165) is 25.7 Å². The number of anilines is 1. The third kappa shape index (κ3) is 3.67. The summed E-state index contributed by atoms with van der Waals surface area (Å²) in [6.07, 6.45) is 5.95. The first-order chi connectivity index (χ1) is 9.00. The van der Waals surface area contributed by atoms with Crippen LogP contribution in [0.5, 0.6) is 0 Å². The average molecular weight is 262 g/mol. The summed E-state index contributed by atoms with van der Waals surface area (Å²) in [7, 11) is 0. The fourth-order valence-corrected chi connectivity index (χ4v) is 2.45. The Morgan fingerprint density at radius 2 is 2.11 bits per heavy atom. The largest absolute Gasteiger partial charge is 0.348 e. The zero-order valence-electron chi connectivity index (χ0n) is 11.6. The van der Waals surface area contributed by atoms with E-state index in [1.807, 2.05) is 0 Å². The van der Waals surface area contributed by atoms with Crippen molar-refractivity contribution in [2.24, 2.45) is 11.3 Å². The van der Waals surface area contributed by atoms with E-state index in [1.54, 1.807) is 18.3 Å². The molecular formula is C14H22N4O. The number of pyridine rings is 1. The second kappa shape index (κ2) is 5.57. The Bertz CT molecular complexity index is 449. The molecule has 1 saturated carbocycles. The maximum Gasteiger partial charge on any atom is 0.270 e. The highest BCUT2D eigenvalue weighted by Crippen LogP contribution is 2.35. The number of hydrazine groups is 1. The lowest BCUT2D eigenvalue weighted by Gasteiger charge is -2.34. The van der Waals surface area contributed by atoms with E-state index in [4.69, 9.17) is 5.84 Å². The molecule has 0 spiro atoms. The van der Waals surface area contributed by atoms with Gasteiger partial charge in [0.05, 0.1) is 5.69 Å². The van der Waals surface area contributed by atoms with Crippen LogP contribution in [0, 0.1) is 5.41 Å². The van der Waals surface area contributed by atoms with Gasteiger partial charge in [-0.15, -0.1) is 0 Å². The van der Waals surface area contributed by atoms with Gasteiger partial charge in [0.2, 0.25) is 0 Å². The highest BCUT2D eigenvalue weighted by atomic mass is 16.1. The Hall–Kier alpha value is -1.62. The molecule has 4 N–H and O–H groups in total. The third-order valence-electron chi connectivity index (χ3n) is 3.83. The van der Waals surface area contributed by atoms with E-state index < -0.39 is 0 Å². The number of nitrogens with one attached hydrogen (secondary N) is 2. The molecule has 5 nitrogen and oxygen atoms in total. The first kappa shape index (κ1) is 13.8. The Labute approximate surface area is 114 Å². The second-order valence-electron chi connectivity index (χ2n) is 5.99. The predicted octanol–water partition coefficient (Wildman–Crippen LogP) is 2.07. The average Bonchev–Trinajstić information content (AvgIpc) is 2.41. The minimum absolute atomic E-state index is 0.123. The number of carbonyl (C=O) groups excluding carboxylic acids is 1. The SMILES string of the molecule is CC1(C)CCC(NC(=O)c2cc(NN)ccn2)CC1. The summed E-state index contributed by atoms with van der Waals surface area (Å²) in [4.78, 5) is 16.2. The highest BCUT2D eigenvalue weighted by molar-refractivity contribution is 5.93. The summed E-state index contributed by atoms with van der Waals surface area (Å²) < 4.78 is 0. The van der Waals surface area contributed by atoms with E-state index in [9.17, 15) is 4.79 Å². The monoisotopic (exact) mass is 262 g/mol. The van der Waals surface area contributed by atoms with Crippen LogP contribution in [-0.2, 0) is 0 Å². The molecule has 0 radical (unpaired) electrons. The molecule has 0 saturated heterocycles. The molecule has 19 heavy (non-hydrogen) atoms. The molecule has 1 aromatic rings. The van der Waals surface area contributed by atoms with Crippen molar-refractivity contribution in [2.45, 2.75) is 45.6 Å². The van der Waals surface area contributed by atoms with E-state index >= 15 is 0 Å². The van der Waals surface area contributed by atoms with E-state index in [2.05, 4.69) is 29.6 Å². The van der Waals surface area contributed by atoms with Gasteiger partial charge in [-0.2, -0.15) is 0 Å². The zero-order valence-corrected chi connectivity index (χ0v) is 11.6. The van der Waals surface area contributed by atoms with Gasteiger partial charge in [0.1, 0.15) is 5.69 Å². The molecule has 0 unspecified atom stereocenters. The highest BCUT2D eigenvalue weighted by Gasteiger charge is 2.27. The molecule has 2 rings (SSSR count). The van der Waals surface area contributed by atoms with Crippen molar-refractivity contribution in [3.63, 3.8) is 0 Å². The summed E-state index contributed by atoms with van der Waals surface area (Å²) in [6.45, 7) is 4.56. The van der Waals surface area contributed by atoms with Gasteiger partial charge in [0.15, 0.2) is 0 Å². The predicted molar refractivity (Wildman–Crippen MR) is 75.6 cm³/mol. The van der Waals surface area contributed by atoms with Crippen LogP contribution in [0.25, 0.3) is 0 Å². The fourth-order valence-electron chi connectivity index (χ4n) is 2.45. The molecule has 1 aromatic heterocycles. The number of nitrogens with zero attached hydrogens (tertiary/aromatic N) is 1. The molecule has 104 valence electrons. The smallest absolute Gasteiger partial charge is 0.270 e. The summed E-state index contributed by atoms with van der Waals surface area (Å²) in [6, 6.07) is 3.64. The maximum atomic E-state index is 12.1. The van der Waals surface area contributed by atoms with Gasteiger partial charge in [0, 0.05) is 12.2 Å². The van der Waals surface area contributed by atoms with Gasteiger partial charge < -0.3 is 10.7 Å². The topological polar surface area (TPSA) is 80.0 Å². The summed E-state index contributed by atoms with van der Waals surface area (Å²) >= 11 is 0. The molecule has 1 heterocycles. The van der Waals surface area contributed by atoms with Crippen LogP contribution in [-0.4, -0.2) is 16.9 Å². The van der Waals surface area contributed by atoms with Crippen molar-refractivity contribution in [1.29, 1.82) is 0 Å². The van der Waals surface area contributed by atoms with Crippen LogP contribution in [0.2, 0.25) is 0 Å². The third-order valence-corrected chi connectivity index (χ3v) is 3.83. The zero-order chi connectivity index (χ0) is 13.9. The Morgan fingerprint density at radius 3 is 2.74 bits per heavy atom. The van der Waals surface area contributed by atoms with Crippen LogP contribution in [0.1, 0.15) is 50.0 Å². The van der Waals surface area contributed by atoms with Crippen molar-refractivity contribution < 1.29 is 4.79 Å². The minimum Gasteiger partial charge on any atom is -0.348 e. The van der Waals surface area contributed by atoms with Gasteiger partial charge in [0.25, 0.3) is 5.91 Å². The lowest BCUT2D eigenvalue weighted by atomic mass is 9.75. The fraction of sp³-hybridized carbons (Fsp3) is 0.571. The number of aromatic nitrogens is 1. The van der Waals surface area contributed by atoms with Crippen LogP contribution >= 0.6 is 0 Å². The van der Waals surface area contributed by atoms with Crippen LogP contribution < -0.4 is 16.6 Å². The lowest BCUT2D eigenvalue weighted by molar-refractivity contribution is 0.0904. The molecule has 0 atom stereocenters. The number of hydrogen-bond acceptors (Lipinski definition) is 4. The van der Waals surface area contributed by atoms with E-state index in [1.165, 1.54) is 0 Å². The Balaban J connectivity index is 1.94. The van der Waals surface area contributed by atoms with Gasteiger partial charge in [-0.25, -0.2) is 0 Å². The van der Waals surface area contributed by atoms with Gasteiger partial charge in [-0.05, 0) is 43.2 Å². The first-order valence-electron chi connectivity index (χ1n) is 6.74. The van der Waals surface area contributed by atoms with E-state index in [0.29, 0.717) is 16.8 Å². The Morgan fingerprint density at radius 1 is 1.42 bits per heavy atom. The van der Waals surface area contributed by atoms with Crippen LogP contribution in [0.3, 0.4) is 0 Å². The van der Waals surface area contributed by atoms with Crippen molar-refractivity contribution in [3.05, 3.63) is 24.0 Å². The second-order valence-corrected chi connectivity index (χ2v) is 5.99. The maximum absolute atomic E-state index is 12.1. The summed E-state index contributed by atoms with van der Waals surface area (Å²) in [5.41, 5.74) is 4.01. The molecule has 1 aliphatic carbocycles. The number of hydrogen-bond donors (Lipinski definition) is 3. The number of carbonyl (C=O) groups is 1. The molecule has 0 aromatic carbocycles. The van der Waals surface area contributed by atoms with Crippen molar-refractivity contribution >= 4 is 11.6 Å². The number of nitrogen functional groups attached to an aromatic ring is 1. The standard InChI is InChI=1S/C14H22N4O/c1-14(2)6-3-10(4-7-14)17-13(19)12-9-11(18-15)5-8-16-12/h5,8-10H,3-4,6-7,15H2,1-2H3,(H,16,18)(H,17,19). The lowest BCUT2D eigenvalue weighted by Crippen LogP contribution is -2.39. The van der Waals surface area contributed by atoms with Crippen molar-refractivity contribution in [1.82, 2.24) is 10.3 Å². The molecular weight excluding hydrogens is 240 g/mol. The van der Waals surface area contributed by atoms with Gasteiger partial charge >= 0.3 is 0 Å². The molecule has 1 amide bonds. The number of amides is 1. The first-order valence-corrected chi connectivity index (χ1v) is 6.74. The normalized spacial score (nSPS) is 18.9. The summed E-state index contributed by atoms with van der Waals surface area (Å²) in [5.74, 6) is 5.20. The molecule has 0 bridgehead atoms. The van der Waals surface area contributed by atoms with Gasteiger partial charge in [-0.1, -0.05) is 13.8 Å². The van der Waals surface area contributed by atoms with Crippen LogP contribution in [0.4, 0.5) is 5.69 Å². The minimum atomic E-state index is -0.123. The Kier molecular flexibility index (Phi) is 4.04. The molecule has 5 heteroatoms. The number of nitrogens with two attached hydrogens (primary N) is 1. The van der Waals surface area contributed by atoms with Crippen LogP contribution in [0.15, 0.2) is 18.3 Å². The molecule has 1 fully saturated rings. The number of rotatable bonds is 3. The van der Waals surface area contributed by atoms with E-state index in [-0.39, 0.29) is 11.9 Å². The quantitative estimate of drug-likeness (QED) is 0.575. The van der Waals surface area contributed by atoms with Crippen molar-refractivity contribution in [2.75, 3.05) is 5.43 Å². The molecule has 1 aliphatic rings. The molecule has 0 aliphatic heterocycles.